The Kier molecular flexibility index (Phi) is 4.99. The molecule has 1 aliphatic rings. The molecule has 2 rings (SSSR count). The van der Waals surface area contributed by atoms with Gasteiger partial charge in [-0.25, -0.2) is 0 Å². The molecular weight excluding hydrogens is 254 g/mol. The highest BCUT2D eigenvalue weighted by Crippen LogP contribution is 2.25. The van der Waals surface area contributed by atoms with E-state index in [1.807, 2.05) is 6.92 Å². The molecule has 0 spiro atoms. The van der Waals surface area contributed by atoms with Crippen molar-refractivity contribution in [2.75, 3.05) is 13.2 Å². The Morgan fingerprint density at radius 2 is 1.78 bits per heavy atom. The van der Waals surface area contributed by atoms with Crippen molar-refractivity contribution in [2.45, 2.75) is 39.0 Å². The molecule has 5 nitrogen and oxygen atoms in total. The van der Waals surface area contributed by atoms with Gasteiger partial charge in [-0.1, -0.05) is 19.8 Å². The summed E-state index contributed by atoms with van der Waals surface area (Å²) in [6.07, 6.45) is 5.91. The summed E-state index contributed by atoms with van der Waals surface area (Å²) < 4.78 is 10.9. The molecule has 100 valence electrons. The van der Waals surface area contributed by atoms with E-state index in [9.17, 15) is 0 Å². The maximum Gasteiger partial charge on any atom is 0.323 e. The van der Waals surface area contributed by atoms with E-state index in [2.05, 4.69) is 15.0 Å². The molecule has 0 atom stereocenters. The van der Waals surface area contributed by atoms with Crippen molar-refractivity contribution in [1.29, 1.82) is 0 Å². The highest BCUT2D eigenvalue weighted by atomic mass is 35.5. The Bertz CT molecular complexity index is 384. The molecule has 0 N–H and O–H groups in total. The number of rotatable bonds is 6. The van der Waals surface area contributed by atoms with Crippen molar-refractivity contribution >= 4 is 11.6 Å². The third-order valence-electron chi connectivity index (χ3n) is 2.93. The van der Waals surface area contributed by atoms with E-state index in [-0.39, 0.29) is 17.3 Å². The zero-order valence-electron chi connectivity index (χ0n) is 10.6. The second-order valence-corrected chi connectivity index (χ2v) is 4.82. The minimum Gasteiger partial charge on any atom is -0.463 e. The van der Waals surface area contributed by atoms with Gasteiger partial charge in [0.1, 0.15) is 0 Å². The first-order chi connectivity index (χ1) is 8.78. The van der Waals surface area contributed by atoms with Gasteiger partial charge in [-0.15, -0.1) is 4.98 Å². The topological polar surface area (TPSA) is 57.1 Å². The molecule has 1 aromatic heterocycles. The molecule has 6 heteroatoms. The van der Waals surface area contributed by atoms with Crippen LogP contribution in [0.4, 0.5) is 0 Å². The van der Waals surface area contributed by atoms with Crippen molar-refractivity contribution in [3.05, 3.63) is 5.28 Å². The van der Waals surface area contributed by atoms with E-state index >= 15 is 0 Å². The van der Waals surface area contributed by atoms with Crippen LogP contribution in [0.15, 0.2) is 0 Å². The average molecular weight is 272 g/mol. The molecular formula is C12H18ClN3O2. The highest BCUT2D eigenvalue weighted by Gasteiger charge is 2.16. The van der Waals surface area contributed by atoms with Gasteiger partial charge in [-0.05, 0) is 36.8 Å². The summed E-state index contributed by atoms with van der Waals surface area (Å²) in [5, 5.41) is 0.109. The van der Waals surface area contributed by atoms with Crippen LogP contribution < -0.4 is 9.47 Å². The molecule has 0 saturated heterocycles. The summed E-state index contributed by atoms with van der Waals surface area (Å²) in [6, 6.07) is 0.492. The van der Waals surface area contributed by atoms with Crippen LogP contribution >= 0.6 is 11.6 Å². The lowest BCUT2D eigenvalue weighted by atomic mass is 10.1. The third-order valence-corrected chi connectivity index (χ3v) is 3.09. The van der Waals surface area contributed by atoms with Gasteiger partial charge >= 0.3 is 12.0 Å². The minimum atomic E-state index is 0.109. The van der Waals surface area contributed by atoms with E-state index in [0.717, 1.165) is 6.42 Å². The van der Waals surface area contributed by atoms with Crippen molar-refractivity contribution < 1.29 is 9.47 Å². The lowest BCUT2D eigenvalue weighted by Crippen LogP contribution is -2.11. The fraction of sp³-hybridized carbons (Fsp3) is 0.750. The number of hydrogen-bond donors (Lipinski definition) is 0. The number of hydrogen-bond acceptors (Lipinski definition) is 5. The summed E-state index contributed by atoms with van der Waals surface area (Å²) in [4.78, 5) is 11.9. The smallest absolute Gasteiger partial charge is 0.323 e. The molecule has 18 heavy (non-hydrogen) atoms. The Morgan fingerprint density at radius 3 is 2.44 bits per heavy atom. The summed E-state index contributed by atoms with van der Waals surface area (Å²) in [7, 11) is 0. The highest BCUT2D eigenvalue weighted by molar-refractivity contribution is 6.28. The SMILES string of the molecule is CCCOc1nc(Cl)nc(OCC2CCCC2)n1. The fourth-order valence-electron chi connectivity index (χ4n) is 2.01. The number of ether oxygens (including phenoxy) is 2. The number of nitrogens with zero attached hydrogens (tertiary/aromatic N) is 3. The molecule has 0 aliphatic heterocycles. The van der Waals surface area contributed by atoms with Crippen LogP contribution in [0.3, 0.4) is 0 Å². The van der Waals surface area contributed by atoms with Crippen LogP contribution in [0.2, 0.25) is 5.28 Å². The molecule has 1 saturated carbocycles. The molecule has 1 aliphatic carbocycles. The summed E-state index contributed by atoms with van der Waals surface area (Å²) in [6.45, 7) is 3.22. The molecule has 0 bridgehead atoms. The zero-order valence-corrected chi connectivity index (χ0v) is 11.3. The van der Waals surface area contributed by atoms with E-state index < -0.39 is 0 Å². The van der Waals surface area contributed by atoms with Crippen LogP contribution in [0.5, 0.6) is 12.0 Å². The average Bonchev–Trinajstić information content (AvgIpc) is 2.86. The number of aromatic nitrogens is 3. The Hall–Kier alpha value is -1.10. The zero-order chi connectivity index (χ0) is 12.8. The van der Waals surface area contributed by atoms with Crippen LogP contribution in [0.1, 0.15) is 39.0 Å². The summed E-state index contributed by atoms with van der Waals surface area (Å²) >= 11 is 5.80. The van der Waals surface area contributed by atoms with Crippen LogP contribution in [0.25, 0.3) is 0 Å². The molecule has 0 amide bonds. The first kappa shape index (κ1) is 13.3. The first-order valence-electron chi connectivity index (χ1n) is 6.45. The first-order valence-corrected chi connectivity index (χ1v) is 6.83. The van der Waals surface area contributed by atoms with E-state index in [0.29, 0.717) is 19.1 Å². The van der Waals surface area contributed by atoms with Crippen molar-refractivity contribution in [3.8, 4) is 12.0 Å². The van der Waals surface area contributed by atoms with Crippen molar-refractivity contribution in [3.63, 3.8) is 0 Å². The van der Waals surface area contributed by atoms with E-state index in [1.54, 1.807) is 0 Å². The quantitative estimate of drug-likeness (QED) is 0.796. The number of halogens is 1. The second kappa shape index (κ2) is 6.73. The van der Waals surface area contributed by atoms with Crippen LogP contribution in [-0.4, -0.2) is 28.2 Å². The van der Waals surface area contributed by atoms with Gasteiger partial charge in [0.05, 0.1) is 13.2 Å². The Morgan fingerprint density at radius 1 is 1.11 bits per heavy atom. The molecule has 1 heterocycles. The summed E-state index contributed by atoms with van der Waals surface area (Å²) in [5.74, 6) is 0.612. The van der Waals surface area contributed by atoms with Gasteiger partial charge < -0.3 is 9.47 Å². The monoisotopic (exact) mass is 271 g/mol. The summed E-state index contributed by atoms with van der Waals surface area (Å²) in [5.41, 5.74) is 0. The van der Waals surface area contributed by atoms with Gasteiger partial charge in [-0.2, -0.15) is 9.97 Å². The third kappa shape index (κ3) is 3.98. The predicted molar refractivity (Wildman–Crippen MR) is 68.1 cm³/mol. The lowest BCUT2D eigenvalue weighted by molar-refractivity contribution is 0.224. The molecule has 0 aromatic carbocycles. The molecule has 0 unspecified atom stereocenters. The molecule has 0 radical (unpaired) electrons. The van der Waals surface area contributed by atoms with Crippen molar-refractivity contribution in [1.82, 2.24) is 15.0 Å². The van der Waals surface area contributed by atoms with Gasteiger partial charge in [0, 0.05) is 0 Å². The normalized spacial score (nSPS) is 15.9. The Balaban J connectivity index is 1.91. The van der Waals surface area contributed by atoms with E-state index in [4.69, 9.17) is 21.1 Å². The van der Waals surface area contributed by atoms with Gasteiger partial charge in [0.25, 0.3) is 0 Å². The fourth-order valence-corrected chi connectivity index (χ4v) is 2.15. The van der Waals surface area contributed by atoms with E-state index in [1.165, 1.54) is 25.7 Å². The maximum atomic E-state index is 5.80. The Labute approximate surface area is 112 Å². The minimum absolute atomic E-state index is 0.109. The lowest BCUT2D eigenvalue weighted by Gasteiger charge is -2.10. The molecule has 1 aromatic rings. The standard InChI is InChI=1S/C12H18ClN3O2/c1-2-7-17-11-14-10(13)15-12(16-11)18-8-9-5-3-4-6-9/h9H,2-8H2,1H3. The predicted octanol–water partition coefficient (Wildman–Crippen LogP) is 2.88. The largest absolute Gasteiger partial charge is 0.463 e. The second-order valence-electron chi connectivity index (χ2n) is 4.48. The van der Waals surface area contributed by atoms with Crippen molar-refractivity contribution in [2.24, 2.45) is 5.92 Å². The van der Waals surface area contributed by atoms with Gasteiger partial charge in [-0.3, -0.25) is 0 Å². The van der Waals surface area contributed by atoms with Gasteiger partial charge in [0.15, 0.2) is 0 Å². The van der Waals surface area contributed by atoms with Crippen LogP contribution in [0, 0.1) is 5.92 Å². The maximum absolute atomic E-state index is 5.80. The van der Waals surface area contributed by atoms with Crippen LogP contribution in [-0.2, 0) is 0 Å². The molecule has 1 fully saturated rings. The van der Waals surface area contributed by atoms with Gasteiger partial charge in [0.2, 0.25) is 5.28 Å².